The first-order valence-electron chi connectivity index (χ1n) is 6.85. The van der Waals surface area contributed by atoms with Crippen LogP contribution in [0.2, 0.25) is 0 Å². The van der Waals surface area contributed by atoms with Gasteiger partial charge in [-0.3, -0.25) is 4.79 Å². The molecule has 1 amide bonds. The normalized spacial score (nSPS) is 23.7. The number of ether oxygens (including phenoxy) is 1. The third kappa shape index (κ3) is 3.28. The Bertz CT molecular complexity index is 495. The van der Waals surface area contributed by atoms with Crippen molar-refractivity contribution >= 4 is 5.91 Å². The quantitative estimate of drug-likeness (QED) is 0.915. The van der Waals surface area contributed by atoms with E-state index in [1.54, 1.807) is 24.0 Å². The highest BCUT2D eigenvalue weighted by atomic mass is 19.1. The highest BCUT2D eigenvalue weighted by Gasteiger charge is 2.36. The Morgan fingerprint density at radius 2 is 2.35 bits per heavy atom. The molecule has 0 spiro atoms. The van der Waals surface area contributed by atoms with Gasteiger partial charge in [0.25, 0.3) is 5.91 Å². The van der Waals surface area contributed by atoms with Gasteiger partial charge in [0.2, 0.25) is 0 Å². The van der Waals surface area contributed by atoms with Crippen LogP contribution in [0, 0.1) is 11.2 Å². The zero-order chi connectivity index (χ0) is 14.8. The molecular weight excluding hydrogens is 259 g/mol. The van der Waals surface area contributed by atoms with E-state index in [1.807, 2.05) is 0 Å². The predicted octanol–water partition coefficient (Wildman–Crippen LogP) is 1.79. The third-order valence-electron chi connectivity index (χ3n) is 3.82. The fourth-order valence-corrected chi connectivity index (χ4v) is 2.43. The maximum Gasteiger partial charge on any atom is 0.263 e. The van der Waals surface area contributed by atoms with Gasteiger partial charge in [0, 0.05) is 19.2 Å². The van der Waals surface area contributed by atoms with Gasteiger partial charge >= 0.3 is 0 Å². The maximum absolute atomic E-state index is 13.1. The molecule has 1 aliphatic rings. The minimum atomic E-state index is -0.628. The second-order valence-electron chi connectivity index (χ2n) is 5.74. The van der Waals surface area contributed by atoms with Crippen molar-refractivity contribution in [1.29, 1.82) is 0 Å². The monoisotopic (exact) mass is 280 g/mol. The number of benzene rings is 1. The van der Waals surface area contributed by atoms with Crippen LogP contribution in [0.25, 0.3) is 0 Å². The van der Waals surface area contributed by atoms with E-state index >= 15 is 0 Å². The summed E-state index contributed by atoms with van der Waals surface area (Å²) in [6.07, 6.45) is 0.277. The predicted molar refractivity (Wildman–Crippen MR) is 74.8 cm³/mol. The molecule has 2 unspecified atom stereocenters. The summed E-state index contributed by atoms with van der Waals surface area (Å²) >= 11 is 0. The van der Waals surface area contributed by atoms with Crippen LogP contribution in [-0.4, -0.2) is 36.5 Å². The molecule has 1 aliphatic heterocycles. The van der Waals surface area contributed by atoms with Crippen LogP contribution in [0.15, 0.2) is 24.3 Å². The Hall–Kier alpha value is -1.62. The molecule has 20 heavy (non-hydrogen) atoms. The molecule has 0 bridgehead atoms. The lowest BCUT2D eigenvalue weighted by atomic mass is 9.90. The summed E-state index contributed by atoms with van der Waals surface area (Å²) in [7, 11) is 0. The van der Waals surface area contributed by atoms with E-state index in [1.165, 1.54) is 12.1 Å². The van der Waals surface area contributed by atoms with Crippen molar-refractivity contribution < 1.29 is 13.9 Å². The summed E-state index contributed by atoms with van der Waals surface area (Å²) in [5.41, 5.74) is 5.73. The average Bonchev–Trinajstić information content (AvgIpc) is 2.81. The van der Waals surface area contributed by atoms with Crippen LogP contribution in [-0.2, 0) is 4.79 Å². The van der Waals surface area contributed by atoms with Crippen LogP contribution < -0.4 is 10.5 Å². The molecule has 110 valence electrons. The molecule has 0 saturated carbocycles. The van der Waals surface area contributed by atoms with Crippen molar-refractivity contribution in [2.24, 2.45) is 11.1 Å². The first-order valence-corrected chi connectivity index (χ1v) is 6.85. The number of nitrogens with zero attached hydrogens (tertiary/aromatic N) is 1. The molecule has 4 nitrogen and oxygen atoms in total. The fraction of sp³-hybridized carbons (Fsp3) is 0.533. The van der Waals surface area contributed by atoms with Crippen LogP contribution in [0.4, 0.5) is 4.39 Å². The molecular formula is C15H21FN2O2. The lowest BCUT2D eigenvalue weighted by Crippen LogP contribution is -2.41. The van der Waals surface area contributed by atoms with E-state index in [4.69, 9.17) is 10.5 Å². The average molecular weight is 280 g/mol. The van der Waals surface area contributed by atoms with E-state index in [2.05, 4.69) is 6.92 Å². The summed E-state index contributed by atoms with van der Waals surface area (Å²) in [6.45, 7) is 5.68. The highest BCUT2D eigenvalue weighted by Crippen LogP contribution is 2.29. The first-order chi connectivity index (χ1) is 9.43. The van der Waals surface area contributed by atoms with E-state index in [0.29, 0.717) is 25.4 Å². The number of carbonyl (C=O) groups is 1. The number of amides is 1. The molecule has 1 aromatic carbocycles. The zero-order valence-corrected chi connectivity index (χ0v) is 11.9. The summed E-state index contributed by atoms with van der Waals surface area (Å²) < 4.78 is 18.6. The molecule has 2 atom stereocenters. The lowest BCUT2D eigenvalue weighted by Gasteiger charge is -2.25. The Morgan fingerprint density at radius 3 is 2.95 bits per heavy atom. The summed E-state index contributed by atoms with van der Waals surface area (Å²) in [4.78, 5) is 14.1. The van der Waals surface area contributed by atoms with Crippen LogP contribution in [0.5, 0.6) is 5.75 Å². The second kappa shape index (κ2) is 5.79. The van der Waals surface area contributed by atoms with E-state index in [-0.39, 0.29) is 17.1 Å². The Labute approximate surface area is 118 Å². The number of carbonyl (C=O) groups excluding carboxylic acids is 1. The van der Waals surface area contributed by atoms with Crippen molar-refractivity contribution in [3.05, 3.63) is 30.1 Å². The first kappa shape index (κ1) is 14.8. The van der Waals surface area contributed by atoms with Gasteiger partial charge in [0.05, 0.1) is 0 Å². The number of rotatable bonds is 4. The summed E-state index contributed by atoms with van der Waals surface area (Å²) in [5, 5.41) is 0. The maximum atomic E-state index is 13.1. The molecule has 2 N–H and O–H groups in total. The molecule has 0 aromatic heterocycles. The number of hydrogen-bond acceptors (Lipinski definition) is 3. The van der Waals surface area contributed by atoms with Crippen LogP contribution >= 0.6 is 0 Å². The Balaban J connectivity index is 1.96. The lowest BCUT2D eigenvalue weighted by molar-refractivity contribution is -0.137. The van der Waals surface area contributed by atoms with Crippen molar-refractivity contribution in [3.63, 3.8) is 0 Å². The van der Waals surface area contributed by atoms with Crippen LogP contribution in [0.1, 0.15) is 20.3 Å². The number of halogens is 1. The van der Waals surface area contributed by atoms with Gasteiger partial charge in [0.15, 0.2) is 6.10 Å². The number of nitrogens with two attached hydrogens (primary N) is 1. The molecule has 2 rings (SSSR count). The SMILES string of the molecule is CC(Oc1cccc(F)c1)C(=O)N1CCC(C)(CN)C1. The second-order valence-corrected chi connectivity index (χ2v) is 5.74. The van der Waals surface area contributed by atoms with E-state index in [9.17, 15) is 9.18 Å². The van der Waals surface area contributed by atoms with E-state index < -0.39 is 6.10 Å². The van der Waals surface area contributed by atoms with Gasteiger partial charge in [-0.15, -0.1) is 0 Å². The van der Waals surface area contributed by atoms with Crippen molar-refractivity contribution in [2.75, 3.05) is 19.6 Å². The largest absolute Gasteiger partial charge is 0.481 e. The smallest absolute Gasteiger partial charge is 0.263 e. The van der Waals surface area contributed by atoms with Gasteiger partial charge in [-0.2, -0.15) is 0 Å². The Morgan fingerprint density at radius 1 is 1.60 bits per heavy atom. The molecule has 1 saturated heterocycles. The molecule has 1 aromatic rings. The zero-order valence-electron chi connectivity index (χ0n) is 11.9. The molecule has 1 heterocycles. The van der Waals surface area contributed by atoms with E-state index in [0.717, 1.165) is 6.42 Å². The van der Waals surface area contributed by atoms with Gasteiger partial charge in [-0.25, -0.2) is 4.39 Å². The minimum Gasteiger partial charge on any atom is -0.481 e. The third-order valence-corrected chi connectivity index (χ3v) is 3.82. The summed E-state index contributed by atoms with van der Waals surface area (Å²) in [5.74, 6) is -0.0860. The standard InChI is InChI=1S/C15H21FN2O2/c1-11(20-13-5-3-4-12(16)8-13)14(19)18-7-6-15(2,9-17)10-18/h3-5,8,11H,6-7,9-10,17H2,1-2H3. The highest BCUT2D eigenvalue weighted by molar-refractivity contribution is 5.81. The van der Waals surface area contributed by atoms with Crippen molar-refractivity contribution in [2.45, 2.75) is 26.4 Å². The minimum absolute atomic E-state index is 0.00572. The van der Waals surface area contributed by atoms with Gasteiger partial charge < -0.3 is 15.4 Å². The topological polar surface area (TPSA) is 55.6 Å². The fourth-order valence-electron chi connectivity index (χ4n) is 2.43. The molecule has 0 radical (unpaired) electrons. The number of likely N-dealkylation sites (tertiary alicyclic amines) is 1. The van der Waals surface area contributed by atoms with Crippen molar-refractivity contribution in [3.8, 4) is 5.75 Å². The number of hydrogen-bond donors (Lipinski definition) is 1. The van der Waals surface area contributed by atoms with Gasteiger partial charge in [0.1, 0.15) is 11.6 Å². The molecule has 0 aliphatic carbocycles. The van der Waals surface area contributed by atoms with Gasteiger partial charge in [-0.1, -0.05) is 13.0 Å². The van der Waals surface area contributed by atoms with Gasteiger partial charge in [-0.05, 0) is 37.4 Å². The molecule has 1 fully saturated rings. The van der Waals surface area contributed by atoms with Crippen LogP contribution in [0.3, 0.4) is 0 Å². The van der Waals surface area contributed by atoms with Crippen molar-refractivity contribution in [1.82, 2.24) is 4.90 Å². The Kier molecular flexibility index (Phi) is 4.28. The molecule has 5 heteroatoms. The summed E-state index contributed by atoms with van der Waals surface area (Å²) in [6, 6.07) is 5.81.